The van der Waals surface area contributed by atoms with Crippen LogP contribution in [0.4, 0.5) is 9.18 Å². The van der Waals surface area contributed by atoms with Crippen LogP contribution in [0.25, 0.3) is 16.6 Å². The van der Waals surface area contributed by atoms with Crippen LogP contribution in [0.5, 0.6) is 0 Å². The predicted octanol–water partition coefficient (Wildman–Crippen LogP) is 3.95. The molecular formula is C21H22ClFN4O3. The number of benzene rings is 1. The fourth-order valence-electron chi connectivity index (χ4n) is 2.95. The molecule has 30 heavy (non-hydrogen) atoms. The van der Waals surface area contributed by atoms with Crippen LogP contribution >= 0.6 is 11.6 Å². The Hall–Kier alpha value is -3.00. The first-order valence-electron chi connectivity index (χ1n) is 9.36. The Morgan fingerprint density at radius 1 is 1.30 bits per heavy atom. The van der Waals surface area contributed by atoms with Crippen molar-refractivity contribution in [1.29, 1.82) is 0 Å². The van der Waals surface area contributed by atoms with Gasteiger partial charge in [-0.1, -0.05) is 11.6 Å². The van der Waals surface area contributed by atoms with Crippen LogP contribution in [0.2, 0.25) is 5.02 Å². The minimum atomic E-state index is -0.697. The summed E-state index contributed by atoms with van der Waals surface area (Å²) in [5, 5.41) is 2.36. The molecule has 2 aromatic heterocycles. The van der Waals surface area contributed by atoms with E-state index >= 15 is 0 Å². The van der Waals surface area contributed by atoms with Crippen molar-refractivity contribution in [3.8, 4) is 5.69 Å². The zero-order chi connectivity index (χ0) is 22.1. The summed E-state index contributed by atoms with van der Waals surface area (Å²) in [5.41, 5.74) is 0.428. The summed E-state index contributed by atoms with van der Waals surface area (Å²) in [6.45, 7) is 7.31. The molecule has 2 heterocycles. The first kappa shape index (κ1) is 21.7. The van der Waals surface area contributed by atoms with E-state index in [0.29, 0.717) is 11.5 Å². The molecule has 158 valence electrons. The van der Waals surface area contributed by atoms with E-state index in [9.17, 15) is 14.0 Å². The largest absolute Gasteiger partial charge is 0.444 e. The molecule has 3 rings (SSSR count). The molecular weight excluding hydrogens is 411 g/mol. The molecule has 9 heteroatoms. The quantitative estimate of drug-likeness (QED) is 0.674. The first-order chi connectivity index (χ1) is 14.1. The van der Waals surface area contributed by atoms with Crippen molar-refractivity contribution in [1.82, 2.24) is 19.9 Å². The highest BCUT2D eigenvalue weighted by molar-refractivity contribution is 6.35. The Labute approximate surface area is 177 Å². The second-order valence-electron chi connectivity index (χ2n) is 7.76. The summed E-state index contributed by atoms with van der Waals surface area (Å²) in [6, 6.07) is 4.32. The van der Waals surface area contributed by atoms with Crippen LogP contribution in [-0.2, 0) is 11.2 Å². The van der Waals surface area contributed by atoms with E-state index in [-0.39, 0.29) is 28.9 Å². The lowest BCUT2D eigenvalue weighted by Crippen LogP contribution is -2.34. The summed E-state index contributed by atoms with van der Waals surface area (Å²) in [4.78, 5) is 33.8. The lowest BCUT2D eigenvalue weighted by atomic mass is 10.2. The van der Waals surface area contributed by atoms with E-state index in [1.807, 2.05) is 6.92 Å². The molecule has 0 saturated heterocycles. The molecule has 0 aliphatic rings. The highest BCUT2D eigenvalue weighted by Gasteiger charge is 2.19. The number of halogens is 2. The Morgan fingerprint density at radius 3 is 2.70 bits per heavy atom. The number of nitrogens with one attached hydrogen (secondary N) is 1. The third-order valence-electron chi connectivity index (χ3n) is 4.27. The predicted molar refractivity (Wildman–Crippen MR) is 113 cm³/mol. The molecule has 0 aliphatic heterocycles. The number of hydrogen-bond donors (Lipinski definition) is 1. The second-order valence-corrected chi connectivity index (χ2v) is 8.14. The van der Waals surface area contributed by atoms with Gasteiger partial charge in [0, 0.05) is 19.2 Å². The molecule has 0 spiro atoms. The third-order valence-corrected chi connectivity index (χ3v) is 4.64. The molecule has 0 saturated carbocycles. The number of nitrogens with zero attached hydrogens (tertiary/aromatic N) is 3. The van der Waals surface area contributed by atoms with Crippen molar-refractivity contribution in [2.24, 2.45) is 0 Å². The fraction of sp³-hybridized carbons (Fsp3) is 0.333. The van der Waals surface area contributed by atoms with Crippen LogP contribution in [0.1, 0.15) is 32.2 Å². The maximum Gasteiger partial charge on any atom is 0.407 e. The molecule has 0 unspecified atom stereocenters. The number of carbonyl (C=O) groups is 1. The lowest BCUT2D eigenvalue weighted by Gasteiger charge is -2.20. The molecule has 7 nitrogen and oxygen atoms in total. The van der Waals surface area contributed by atoms with Gasteiger partial charge in [0.2, 0.25) is 0 Å². The van der Waals surface area contributed by atoms with Gasteiger partial charge in [-0.15, -0.1) is 0 Å². The third kappa shape index (κ3) is 4.59. The minimum absolute atomic E-state index is 0.0104. The van der Waals surface area contributed by atoms with E-state index in [1.165, 1.54) is 22.9 Å². The van der Waals surface area contributed by atoms with Crippen LogP contribution in [0.3, 0.4) is 0 Å². The molecule has 0 aliphatic carbocycles. The summed E-state index contributed by atoms with van der Waals surface area (Å²) < 4.78 is 20.6. The maximum atomic E-state index is 14.0. The van der Waals surface area contributed by atoms with Gasteiger partial charge < -0.3 is 10.1 Å². The van der Waals surface area contributed by atoms with Crippen molar-refractivity contribution in [3.05, 3.63) is 63.2 Å². The number of amides is 1. The normalized spacial score (nSPS) is 11.5. The smallest absolute Gasteiger partial charge is 0.407 e. The van der Waals surface area contributed by atoms with Gasteiger partial charge in [-0.25, -0.2) is 14.2 Å². The van der Waals surface area contributed by atoms with Gasteiger partial charge in [-0.2, -0.15) is 0 Å². The summed E-state index contributed by atoms with van der Waals surface area (Å²) >= 11 is 6.07. The van der Waals surface area contributed by atoms with Crippen LogP contribution in [-0.4, -0.2) is 32.8 Å². The van der Waals surface area contributed by atoms with E-state index < -0.39 is 23.1 Å². The highest BCUT2D eigenvalue weighted by Crippen LogP contribution is 2.24. The Morgan fingerprint density at radius 2 is 2.03 bits per heavy atom. The Bertz CT molecular complexity index is 1170. The van der Waals surface area contributed by atoms with Gasteiger partial charge in [0.1, 0.15) is 17.2 Å². The standard InChI is InChI=1S/C21H22ClFN4O3/c1-12-7-9-24-11-15(12)27-16(8-10-25-20(29)30-21(2,3)4)26-14-6-5-13(23)18(22)17(14)19(27)28/h5-7,9,11H,8,10H2,1-4H3,(H,25,29). The molecule has 0 bridgehead atoms. The van der Waals surface area contributed by atoms with Crippen molar-refractivity contribution >= 4 is 28.6 Å². The van der Waals surface area contributed by atoms with Crippen molar-refractivity contribution < 1.29 is 13.9 Å². The lowest BCUT2D eigenvalue weighted by molar-refractivity contribution is 0.0528. The number of alkyl carbamates (subject to hydrolysis) is 1. The fourth-order valence-corrected chi connectivity index (χ4v) is 3.19. The molecule has 0 atom stereocenters. The molecule has 1 amide bonds. The van der Waals surface area contributed by atoms with Gasteiger partial charge in [0.05, 0.1) is 27.8 Å². The maximum absolute atomic E-state index is 14.0. The number of hydrogen-bond acceptors (Lipinski definition) is 5. The van der Waals surface area contributed by atoms with Crippen molar-refractivity contribution in [2.75, 3.05) is 6.54 Å². The average molecular weight is 433 g/mol. The number of ether oxygens (including phenoxy) is 1. The summed E-state index contributed by atoms with van der Waals surface area (Å²) in [6.07, 6.45) is 2.80. The molecule has 1 N–H and O–H groups in total. The van der Waals surface area contributed by atoms with Gasteiger partial charge >= 0.3 is 6.09 Å². The van der Waals surface area contributed by atoms with E-state index in [1.54, 1.807) is 33.0 Å². The van der Waals surface area contributed by atoms with E-state index in [4.69, 9.17) is 16.3 Å². The zero-order valence-corrected chi connectivity index (χ0v) is 17.9. The van der Waals surface area contributed by atoms with Crippen LogP contribution in [0.15, 0.2) is 35.4 Å². The van der Waals surface area contributed by atoms with Crippen molar-refractivity contribution in [3.63, 3.8) is 0 Å². The number of fused-ring (bicyclic) bond motifs is 1. The first-order valence-corrected chi connectivity index (χ1v) is 9.74. The number of rotatable bonds is 4. The highest BCUT2D eigenvalue weighted by atomic mass is 35.5. The number of carbonyl (C=O) groups excluding carboxylic acids is 1. The van der Waals surface area contributed by atoms with Crippen molar-refractivity contribution in [2.45, 2.75) is 39.7 Å². The number of aromatic nitrogens is 3. The minimum Gasteiger partial charge on any atom is -0.444 e. The average Bonchev–Trinajstić information content (AvgIpc) is 2.64. The molecule has 0 radical (unpaired) electrons. The van der Waals surface area contributed by atoms with Gasteiger partial charge in [0.25, 0.3) is 5.56 Å². The summed E-state index contributed by atoms with van der Waals surface area (Å²) in [7, 11) is 0. The zero-order valence-electron chi connectivity index (χ0n) is 17.1. The SMILES string of the molecule is Cc1ccncc1-n1c(CCNC(=O)OC(C)(C)C)nc2ccc(F)c(Cl)c2c1=O. The summed E-state index contributed by atoms with van der Waals surface area (Å²) in [5.74, 6) is -0.320. The molecule has 0 fully saturated rings. The Balaban J connectivity index is 2.06. The van der Waals surface area contributed by atoms with Gasteiger partial charge in [-0.05, 0) is 51.5 Å². The van der Waals surface area contributed by atoms with Crippen LogP contribution in [0, 0.1) is 12.7 Å². The topological polar surface area (TPSA) is 86.1 Å². The monoisotopic (exact) mass is 432 g/mol. The molecule has 3 aromatic rings. The van der Waals surface area contributed by atoms with E-state index in [0.717, 1.165) is 5.56 Å². The number of aryl methyl sites for hydroxylation is 1. The molecule has 1 aromatic carbocycles. The van der Waals surface area contributed by atoms with Gasteiger partial charge in [-0.3, -0.25) is 14.3 Å². The Kier molecular flexibility index (Phi) is 6.07. The second kappa shape index (κ2) is 8.39. The van der Waals surface area contributed by atoms with Gasteiger partial charge in [0.15, 0.2) is 0 Å². The van der Waals surface area contributed by atoms with Crippen LogP contribution < -0.4 is 10.9 Å². The van der Waals surface area contributed by atoms with E-state index in [2.05, 4.69) is 15.3 Å². The number of pyridine rings is 1.